The fourth-order valence-electron chi connectivity index (χ4n) is 5.49. The zero-order chi connectivity index (χ0) is 34.6. The van der Waals surface area contributed by atoms with Gasteiger partial charge in [-0.3, -0.25) is 0 Å². The fourth-order valence-corrected chi connectivity index (χ4v) is 6.57. The topological polar surface area (TPSA) is 124 Å². The van der Waals surface area contributed by atoms with Gasteiger partial charge in [-0.15, -0.1) is 0 Å². The van der Waals surface area contributed by atoms with Gasteiger partial charge in [-0.25, -0.2) is 21.4 Å². The Labute approximate surface area is 311 Å². The summed E-state index contributed by atoms with van der Waals surface area (Å²) in [4.78, 5) is 3.30. The first-order valence-electron chi connectivity index (χ1n) is 15.1. The minimum atomic E-state index is -4.68. The van der Waals surface area contributed by atoms with Crippen LogP contribution in [0.25, 0.3) is 5.57 Å². The van der Waals surface area contributed by atoms with Crippen LogP contribution in [0.4, 0.5) is 11.4 Å². The predicted molar refractivity (Wildman–Crippen MR) is 187 cm³/mol. The number of benzene rings is 4. The molecule has 0 spiro atoms. The average Bonchev–Trinajstić information content (AvgIpc) is 3.05. The molecule has 9 nitrogen and oxygen atoms in total. The van der Waals surface area contributed by atoms with Crippen molar-refractivity contribution in [2.75, 3.05) is 38.0 Å². The first-order valence-corrected chi connectivity index (χ1v) is 17.9. The number of allylic oxidation sites excluding steroid dienone is 5. The number of anilines is 2. The Hall–Kier alpha value is -3.81. The second-order valence-electron chi connectivity index (χ2n) is 11.9. The van der Waals surface area contributed by atoms with E-state index in [2.05, 4.69) is 48.6 Å². The average molecular weight is 706 g/mol. The van der Waals surface area contributed by atoms with Crippen LogP contribution in [0, 0.1) is 0 Å². The third-order valence-electron chi connectivity index (χ3n) is 7.97. The summed E-state index contributed by atoms with van der Waals surface area (Å²) in [6, 6.07) is 27.8. The molecule has 248 valence electrons. The molecule has 0 N–H and O–H groups in total. The molecule has 49 heavy (non-hydrogen) atoms. The molecule has 0 heterocycles. The van der Waals surface area contributed by atoms with E-state index in [9.17, 15) is 25.9 Å². The van der Waals surface area contributed by atoms with Crippen molar-refractivity contribution in [3.8, 4) is 0 Å². The number of nitrogens with zero attached hydrogens (tertiary/aromatic N) is 3. The van der Waals surface area contributed by atoms with Gasteiger partial charge in [-0.05, 0) is 94.1 Å². The Balaban J connectivity index is 0.00000541. The van der Waals surface area contributed by atoms with Gasteiger partial charge in [0.05, 0.1) is 9.79 Å². The molecule has 0 aromatic heterocycles. The van der Waals surface area contributed by atoms with E-state index in [1.165, 1.54) is 36.4 Å². The van der Waals surface area contributed by atoms with Gasteiger partial charge in [0.15, 0.2) is 5.71 Å². The molecule has 5 rings (SSSR count). The van der Waals surface area contributed by atoms with E-state index in [1.54, 1.807) is 12.1 Å². The van der Waals surface area contributed by atoms with Crippen LogP contribution in [0.5, 0.6) is 0 Å². The molecule has 0 saturated heterocycles. The molecule has 0 unspecified atom stereocenters. The predicted octanol–water partition coefficient (Wildman–Crippen LogP) is 2.41. The van der Waals surface area contributed by atoms with Gasteiger partial charge in [-0.2, -0.15) is 0 Å². The summed E-state index contributed by atoms with van der Waals surface area (Å²) < 4.78 is 72.9. The second-order valence-corrected chi connectivity index (χ2v) is 14.6. The molecular formula is C37H36N3NaO6S2. The summed E-state index contributed by atoms with van der Waals surface area (Å²) in [6.45, 7) is 0.372. The van der Waals surface area contributed by atoms with E-state index < -0.39 is 20.2 Å². The molecule has 0 atom stereocenters. The monoisotopic (exact) mass is 705 g/mol. The summed E-state index contributed by atoms with van der Waals surface area (Å²) in [5, 5.41) is 0. The molecule has 1 aliphatic rings. The first kappa shape index (κ1) is 38.0. The van der Waals surface area contributed by atoms with Gasteiger partial charge in [0.25, 0.3) is 0 Å². The van der Waals surface area contributed by atoms with E-state index in [1.807, 2.05) is 66.8 Å². The van der Waals surface area contributed by atoms with E-state index >= 15 is 0 Å². The van der Waals surface area contributed by atoms with Gasteiger partial charge < -0.3 is 18.9 Å². The van der Waals surface area contributed by atoms with Crippen molar-refractivity contribution in [3.63, 3.8) is 0 Å². The summed E-state index contributed by atoms with van der Waals surface area (Å²) in [5.74, 6) is 0. The van der Waals surface area contributed by atoms with Crippen molar-refractivity contribution in [3.05, 3.63) is 149 Å². The third-order valence-corrected chi connectivity index (χ3v) is 9.63. The molecule has 0 radical (unpaired) electrons. The number of hydrogen-bond acceptors (Lipinski definition) is 8. The van der Waals surface area contributed by atoms with Gasteiger partial charge in [0.1, 0.15) is 34.3 Å². The van der Waals surface area contributed by atoms with Gasteiger partial charge >= 0.3 is 29.6 Å². The summed E-state index contributed by atoms with van der Waals surface area (Å²) in [5.41, 5.74) is 7.92. The molecule has 0 fully saturated rings. The Morgan fingerprint density at radius 3 is 1.61 bits per heavy atom. The summed E-state index contributed by atoms with van der Waals surface area (Å²) in [7, 11) is -1.41. The standard InChI is InChI=1S/C37H37N3O6S2.Na/c1-38(2)32-18-14-29(15-19-32)37(30-16-20-33(21-17-30)39(3)4)31-10-7-11-34(24-31)40(25-27-8-5-12-35(22-27)47(41,42)43)26-28-9-6-13-36(23-28)48(44,45)46;/h5-24H,25-26H2,1-4H3,(H-,41,42,43,44,45,46);/q;+1/p-1. The van der Waals surface area contributed by atoms with Crippen LogP contribution in [-0.4, -0.2) is 64.4 Å². The molecule has 0 bridgehead atoms. The molecule has 4 aromatic rings. The van der Waals surface area contributed by atoms with Crippen molar-refractivity contribution in [2.45, 2.75) is 22.9 Å². The van der Waals surface area contributed by atoms with Crippen molar-refractivity contribution in [1.29, 1.82) is 0 Å². The maximum absolute atomic E-state index is 11.8. The Morgan fingerprint density at radius 1 is 0.633 bits per heavy atom. The molecule has 0 saturated carbocycles. The molecule has 0 amide bonds. The molecular weight excluding hydrogens is 670 g/mol. The van der Waals surface area contributed by atoms with E-state index in [0.717, 1.165) is 39.4 Å². The second kappa shape index (κ2) is 15.8. The Morgan fingerprint density at radius 2 is 1.14 bits per heavy atom. The van der Waals surface area contributed by atoms with Gasteiger partial charge in [0, 0.05) is 50.7 Å². The van der Waals surface area contributed by atoms with Crippen LogP contribution in [0.1, 0.15) is 22.3 Å². The van der Waals surface area contributed by atoms with Crippen LogP contribution >= 0.6 is 0 Å². The molecule has 12 heteroatoms. The number of rotatable bonds is 10. The Kier molecular flexibility index (Phi) is 12.3. The molecule has 4 aromatic carbocycles. The third kappa shape index (κ3) is 9.67. The van der Waals surface area contributed by atoms with Crippen LogP contribution in [0.3, 0.4) is 0 Å². The van der Waals surface area contributed by atoms with Crippen molar-refractivity contribution in [1.82, 2.24) is 0 Å². The van der Waals surface area contributed by atoms with Crippen LogP contribution in [0.15, 0.2) is 137 Å². The molecule has 0 aliphatic heterocycles. The zero-order valence-electron chi connectivity index (χ0n) is 28.1. The normalized spacial score (nSPS) is 12.8. The van der Waals surface area contributed by atoms with Crippen molar-refractivity contribution >= 4 is 42.9 Å². The minimum Gasteiger partial charge on any atom is -0.744 e. The maximum atomic E-state index is 11.8. The quantitative estimate of drug-likeness (QED) is 0.140. The summed E-state index contributed by atoms with van der Waals surface area (Å²) in [6.07, 6.45) is 8.29. The number of hydrogen-bond donors (Lipinski definition) is 0. The zero-order valence-corrected chi connectivity index (χ0v) is 31.7. The fraction of sp³-hybridized carbons (Fsp3) is 0.162. The van der Waals surface area contributed by atoms with E-state index in [-0.39, 0.29) is 52.4 Å². The molecule has 1 aliphatic carbocycles. The van der Waals surface area contributed by atoms with Crippen LogP contribution in [-0.2, 0) is 33.3 Å². The van der Waals surface area contributed by atoms with Crippen molar-refractivity contribution < 1.29 is 60.1 Å². The largest absolute Gasteiger partial charge is 1.00 e. The van der Waals surface area contributed by atoms with E-state index in [4.69, 9.17) is 0 Å². The minimum absolute atomic E-state index is 0. The van der Waals surface area contributed by atoms with Crippen LogP contribution in [0.2, 0.25) is 0 Å². The van der Waals surface area contributed by atoms with Crippen molar-refractivity contribution in [2.24, 2.45) is 0 Å². The van der Waals surface area contributed by atoms with Gasteiger partial charge in [-0.1, -0.05) is 48.5 Å². The first-order chi connectivity index (χ1) is 22.7. The SMILES string of the molecule is CN(C)c1ccc(C(=C2C=CC(=[N+](C)C)C=C2)c2cccc(N(Cc3cccc(S(=O)(=O)[O-])c3)Cc3cccc(S(=O)(=O)[O-])c3)c2)cc1.[Na+]. The maximum Gasteiger partial charge on any atom is 1.00 e. The van der Waals surface area contributed by atoms with E-state index in [0.29, 0.717) is 11.1 Å². The Bertz CT molecular complexity index is 2090. The van der Waals surface area contributed by atoms with Gasteiger partial charge in [0.2, 0.25) is 0 Å². The summed E-state index contributed by atoms with van der Waals surface area (Å²) >= 11 is 0. The van der Waals surface area contributed by atoms with Crippen LogP contribution < -0.4 is 39.4 Å². The smallest absolute Gasteiger partial charge is 0.744 e.